The lowest BCUT2D eigenvalue weighted by Gasteiger charge is -2.10. The standard InChI is InChI=1S/C16H19ClN4O2.ClH/c1-10(2)15-19-9-13(17)14(21-15)16(22)20-11-3-5-12(6-4-11)23-8-7-18;/h3-6,9-10H,7-8,18H2,1-2H3,(H,20,22);1H. The Kier molecular flexibility index (Phi) is 7.91. The third kappa shape index (κ3) is 5.33. The van der Waals surface area contributed by atoms with E-state index >= 15 is 0 Å². The van der Waals surface area contributed by atoms with Gasteiger partial charge in [-0.15, -0.1) is 12.4 Å². The zero-order valence-electron chi connectivity index (χ0n) is 13.5. The highest BCUT2D eigenvalue weighted by molar-refractivity contribution is 6.33. The van der Waals surface area contributed by atoms with Gasteiger partial charge in [0.15, 0.2) is 5.69 Å². The van der Waals surface area contributed by atoms with Gasteiger partial charge in [-0.2, -0.15) is 0 Å². The van der Waals surface area contributed by atoms with E-state index in [4.69, 9.17) is 22.1 Å². The molecule has 0 unspecified atom stereocenters. The van der Waals surface area contributed by atoms with Crippen molar-refractivity contribution in [2.45, 2.75) is 19.8 Å². The highest BCUT2D eigenvalue weighted by atomic mass is 35.5. The summed E-state index contributed by atoms with van der Waals surface area (Å²) in [6, 6.07) is 6.99. The maximum atomic E-state index is 12.3. The maximum absolute atomic E-state index is 12.3. The Morgan fingerprint density at radius 2 is 2.00 bits per heavy atom. The second kappa shape index (κ2) is 9.42. The van der Waals surface area contributed by atoms with E-state index in [2.05, 4.69) is 15.3 Å². The molecule has 1 aromatic carbocycles. The van der Waals surface area contributed by atoms with E-state index in [0.29, 0.717) is 30.4 Å². The summed E-state index contributed by atoms with van der Waals surface area (Å²) in [6.45, 7) is 4.79. The van der Waals surface area contributed by atoms with Gasteiger partial charge in [0.25, 0.3) is 5.91 Å². The van der Waals surface area contributed by atoms with Gasteiger partial charge < -0.3 is 15.8 Å². The molecule has 2 rings (SSSR count). The van der Waals surface area contributed by atoms with Crippen molar-refractivity contribution in [1.82, 2.24) is 9.97 Å². The van der Waals surface area contributed by atoms with Gasteiger partial charge in [-0.3, -0.25) is 4.79 Å². The predicted molar refractivity (Wildman–Crippen MR) is 97.3 cm³/mol. The SMILES string of the molecule is CC(C)c1ncc(Cl)c(C(=O)Nc2ccc(OCCN)cc2)n1.Cl. The molecular formula is C16H20Cl2N4O2. The number of nitrogens with one attached hydrogen (secondary N) is 1. The molecule has 3 N–H and O–H groups in total. The second-order valence-corrected chi connectivity index (χ2v) is 5.60. The van der Waals surface area contributed by atoms with Crippen LogP contribution in [0.25, 0.3) is 0 Å². The number of carbonyl (C=O) groups is 1. The van der Waals surface area contributed by atoms with Crippen LogP contribution in [-0.2, 0) is 0 Å². The van der Waals surface area contributed by atoms with Crippen LogP contribution < -0.4 is 15.8 Å². The van der Waals surface area contributed by atoms with Gasteiger partial charge in [0, 0.05) is 18.2 Å². The summed E-state index contributed by atoms with van der Waals surface area (Å²) in [6.07, 6.45) is 1.45. The van der Waals surface area contributed by atoms with E-state index in [0.717, 1.165) is 0 Å². The van der Waals surface area contributed by atoms with Gasteiger partial charge in [-0.1, -0.05) is 25.4 Å². The van der Waals surface area contributed by atoms with Gasteiger partial charge >= 0.3 is 0 Å². The Morgan fingerprint density at radius 1 is 1.33 bits per heavy atom. The number of benzene rings is 1. The van der Waals surface area contributed by atoms with Crippen molar-refractivity contribution >= 4 is 35.6 Å². The summed E-state index contributed by atoms with van der Waals surface area (Å²) in [7, 11) is 0. The van der Waals surface area contributed by atoms with E-state index in [1.165, 1.54) is 6.20 Å². The van der Waals surface area contributed by atoms with Crippen LogP contribution in [0.15, 0.2) is 30.5 Å². The number of nitrogens with zero attached hydrogens (tertiary/aromatic N) is 2. The van der Waals surface area contributed by atoms with Crippen molar-refractivity contribution in [2.75, 3.05) is 18.5 Å². The summed E-state index contributed by atoms with van der Waals surface area (Å²) in [4.78, 5) is 20.7. The monoisotopic (exact) mass is 370 g/mol. The molecule has 1 heterocycles. The molecule has 0 aliphatic rings. The fraction of sp³-hybridized carbons (Fsp3) is 0.312. The molecule has 24 heavy (non-hydrogen) atoms. The number of ether oxygens (including phenoxy) is 1. The molecule has 0 fully saturated rings. The topological polar surface area (TPSA) is 90.1 Å². The number of aromatic nitrogens is 2. The predicted octanol–water partition coefficient (Wildman–Crippen LogP) is 3.27. The Morgan fingerprint density at radius 3 is 2.58 bits per heavy atom. The second-order valence-electron chi connectivity index (χ2n) is 5.20. The molecule has 6 nitrogen and oxygen atoms in total. The average Bonchev–Trinajstić information content (AvgIpc) is 2.54. The minimum absolute atomic E-state index is 0. The van der Waals surface area contributed by atoms with E-state index in [9.17, 15) is 4.79 Å². The van der Waals surface area contributed by atoms with Crippen molar-refractivity contribution in [2.24, 2.45) is 5.73 Å². The van der Waals surface area contributed by atoms with E-state index in [1.807, 2.05) is 13.8 Å². The first-order chi connectivity index (χ1) is 11.0. The zero-order chi connectivity index (χ0) is 16.8. The average molecular weight is 371 g/mol. The molecule has 0 aliphatic carbocycles. The van der Waals surface area contributed by atoms with Crippen molar-refractivity contribution in [3.8, 4) is 5.75 Å². The normalized spacial score (nSPS) is 10.2. The minimum atomic E-state index is -0.380. The first-order valence-electron chi connectivity index (χ1n) is 7.28. The fourth-order valence-corrected chi connectivity index (χ4v) is 2.00. The molecule has 0 spiro atoms. The molecular weight excluding hydrogens is 351 g/mol. The van der Waals surface area contributed by atoms with Crippen LogP contribution in [0.3, 0.4) is 0 Å². The molecule has 130 valence electrons. The van der Waals surface area contributed by atoms with Crippen LogP contribution in [0.1, 0.15) is 36.1 Å². The number of nitrogens with two attached hydrogens (primary N) is 1. The van der Waals surface area contributed by atoms with Gasteiger partial charge in [-0.05, 0) is 24.3 Å². The Balaban J connectivity index is 0.00000288. The van der Waals surface area contributed by atoms with Crippen LogP contribution in [-0.4, -0.2) is 29.0 Å². The van der Waals surface area contributed by atoms with E-state index < -0.39 is 0 Å². The highest BCUT2D eigenvalue weighted by Gasteiger charge is 2.15. The van der Waals surface area contributed by atoms with Crippen molar-refractivity contribution < 1.29 is 9.53 Å². The molecule has 0 atom stereocenters. The van der Waals surface area contributed by atoms with Gasteiger partial charge in [0.05, 0.1) is 11.2 Å². The zero-order valence-corrected chi connectivity index (χ0v) is 15.0. The molecule has 1 aromatic heterocycles. The van der Waals surface area contributed by atoms with Crippen molar-refractivity contribution in [1.29, 1.82) is 0 Å². The smallest absolute Gasteiger partial charge is 0.275 e. The number of carbonyl (C=O) groups excluding carboxylic acids is 1. The summed E-state index contributed by atoms with van der Waals surface area (Å²) < 4.78 is 5.38. The Labute approximate surface area is 152 Å². The maximum Gasteiger partial charge on any atom is 0.275 e. The third-order valence-electron chi connectivity index (χ3n) is 2.99. The molecule has 8 heteroatoms. The lowest BCUT2D eigenvalue weighted by molar-refractivity contribution is 0.102. The number of hydrogen-bond donors (Lipinski definition) is 2. The largest absolute Gasteiger partial charge is 0.492 e. The molecule has 0 saturated heterocycles. The minimum Gasteiger partial charge on any atom is -0.492 e. The Hall–Kier alpha value is -1.89. The fourth-order valence-electron chi connectivity index (χ4n) is 1.82. The summed E-state index contributed by atoms with van der Waals surface area (Å²) in [5.74, 6) is 0.994. The van der Waals surface area contributed by atoms with Gasteiger partial charge in [0.1, 0.15) is 18.2 Å². The first kappa shape index (κ1) is 20.2. The quantitative estimate of drug-likeness (QED) is 0.814. The van der Waals surface area contributed by atoms with Crippen molar-refractivity contribution in [3.05, 3.63) is 47.0 Å². The third-order valence-corrected chi connectivity index (χ3v) is 3.27. The molecule has 0 bridgehead atoms. The summed E-state index contributed by atoms with van der Waals surface area (Å²) in [5, 5.41) is 2.97. The first-order valence-corrected chi connectivity index (χ1v) is 7.65. The summed E-state index contributed by atoms with van der Waals surface area (Å²) in [5.41, 5.74) is 6.16. The summed E-state index contributed by atoms with van der Waals surface area (Å²) >= 11 is 6.03. The molecule has 2 aromatic rings. The van der Waals surface area contributed by atoms with Crippen LogP contribution in [0.4, 0.5) is 5.69 Å². The molecule has 1 amide bonds. The van der Waals surface area contributed by atoms with Crippen LogP contribution in [0.5, 0.6) is 5.75 Å². The lowest BCUT2D eigenvalue weighted by Crippen LogP contribution is -2.16. The molecule has 0 saturated carbocycles. The van der Waals surface area contributed by atoms with E-state index in [-0.39, 0.29) is 34.9 Å². The van der Waals surface area contributed by atoms with Crippen molar-refractivity contribution in [3.63, 3.8) is 0 Å². The van der Waals surface area contributed by atoms with Crippen LogP contribution in [0.2, 0.25) is 5.02 Å². The number of amides is 1. The number of halogens is 2. The highest BCUT2D eigenvalue weighted by Crippen LogP contribution is 2.19. The van der Waals surface area contributed by atoms with Crippen LogP contribution >= 0.6 is 24.0 Å². The molecule has 0 radical (unpaired) electrons. The van der Waals surface area contributed by atoms with Gasteiger partial charge in [-0.25, -0.2) is 9.97 Å². The number of hydrogen-bond acceptors (Lipinski definition) is 5. The van der Waals surface area contributed by atoms with E-state index in [1.54, 1.807) is 24.3 Å². The number of rotatable bonds is 6. The number of anilines is 1. The lowest BCUT2D eigenvalue weighted by atomic mass is 10.2. The molecule has 0 aliphatic heterocycles. The van der Waals surface area contributed by atoms with Crippen LogP contribution in [0, 0.1) is 0 Å². The Bertz CT molecular complexity index is 678. The van der Waals surface area contributed by atoms with Gasteiger partial charge in [0.2, 0.25) is 0 Å².